The molecular weight excluding hydrogens is 188 g/mol. The van der Waals surface area contributed by atoms with Crippen molar-refractivity contribution in [2.45, 2.75) is 0 Å². The molecule has 0 aromatic heterocycles. The normalized spacial score (nSPS) is 20.5. The molecule has 2 rings (SSSR count). The molecule has 4 nitrogen and oxygen atoms in total. The molecule has 66 valence electrons. The van der Waals surface area contributed by atoms with Gasteiger partial charge in [-0.3, -0.25) is 0 Å². The fourth-order valence-corrected chi connectivity index (χ4v) is 1.25. The Kier molecular flexibility index (Phi) is 2.08. The van der Waals surface area contributed by atoms with Crippen molar-refractivity contribution >= 4 is 17.4 Å². The quantitative estimate of drug-likeness (QED) is 0.650. The maximum Gasteiger partial charge on any atom is 0.242 e. The minimum Gasteiger partial charge on any atom is -0.192 e. The summed E-state index contributed by atoms with van der Waals surface area (Å²) in [7, 11) is 3.57. The second-order valence-electron chi connectivity index (χ2n) is 2.53. The predicted molar refractivity (Wildman–Crippen MR) is 49.2 cm³/mol. The van der Waals surface area contributed by atoms with Crippen LogP contribution in [0.5, 0.6) is 0 Å². The maximum absolute atomic E-state index is 5.94. The summed E-state index contributed by atoms with van der Waals surface area (Å²) < 4.78 is 0. The van der Waals surface area contributed by atoms with Gasteiger partial charge in [-0.25, -0.2) is 0 Å². The van der Waals surface area contributed by atoms with Gasteiger partial charge in [0, 0.05) is 10.8 Å². The molecule has 1 aromatic rings. The van der Waals surface area contributed by atoms with Crippen molar-refractivity contribution in [3.05, 3.63) is 41.9 Å². The highest BCUT2D eigenvalue weighted by atomic mass is 35.5. The number of nitrogens with one attached hydrogen (secondary N) is 1. The Labute approximate surface area is 80.5 Å². The number of hydrogen-bond acceptors (Lipinski definition) is 3. The zero-order valence-electron chi connectivity index (χ0n) is 6.74. The molecule has 1 unspecified atom stereocenters. The number of halogens is 1. The van der Waals surface area contributed by atoms with Crippen LogP contribution >= 0.6 is 11.6 Å². The molecule has 0 fully saturated rings. The maximum atomic E-state index is 5.94. The van der Waals surface area contributed by atoms with Crippen molar-refractivity contribution in [2.75, 3.05) is 0 Å². The van der Waals surface area contributed by atoms with Crippen molar-refractivity contribution in [1.82, 2.24) is 0 Å². The lowest BCUT2D eigenvalue weighted by molar-refractivity contribution is -0.868. The van der Waals surface area contributed by atoms with E-state index >= 15 is 0 Å². The summed E-state index contributed by atoms with van der Waals surface area (Å²) in [4.78, 5) is 0. The Morgan fingerprint density at radius 2 is 2.08 bits per heavy atom. The van der Waals surface area contributed by atoms with Crippen LogP contribution in [-0.4, -0.2) is 5.84 Å². The zero-order valence-corrected chi connectivity index (χ0v) is 7.49. The van der Waals surface area contributed by atoms with E-state index in [0.29, 0.717) is 16.0 Å². The molecule has 0 saturated carbocycles. The number of quaternary nitrogens is 1. The van der Waals surface area contributed by atoms with Gasteiger partial charge in [0.1, 0.15) is 0 Å². The van der Waals surface area contributed by atoms with E-state index in [1.54, 1.807) is 6.07 Å². The molecule has 0 saturated heterocycles. The Balaban J connectivity index is 2.42. The molecule has 0 amide bonds. The molecule has 1 N–H and O–H groups in total. The minimum absolute atomic E-state index is 0.412. The molecule has 1 heterocycles. The Bertz CT molecular complexity index is 385. The molecule has 0 radical (unpaired) electrons. The summed E-state index contributed by atoms with van der Waals surface area (Å²) in [5.41, 5.74) is 0.784. The summed E-state index contributed by atoms with van der Waals surface area (Å²) in [6.45, 7) is 0. The first-order valence-electron chi connectivity index (χ1n) is 3.71. The topological polar surface area (TPSA) is 41.5 Å². The summed E-state index contributed by atoms with van der Waals surface area (Å²) >= 11 is 5.94. The summed E-state index contributed by atoms with van der Waals surface area (Å²) in [5.74, 6) is 0.524. The molecular formula is C8H7ClN4. The molecule has 13 heavy (non-hydrogen) atoms. The first-order chi connectivity index (χ1) is 6.27. The van der Waals surface area contributed by atoms with Crippen molar-refractivity contribution in [2.24, 2.45) is 15.4 Å². The first-order valence-corrected chi connectivity index (χ1v) is 4.09. The number of hydrogen-bond donors (Lipinski definition) is 1. The van der Waals surface area contributed by atoms with Crippen molar-refractivity contribution in [3.8, 4) is 0 Å². The van der Waals surface area contributed by atoms with E-state index in [2.05, 4.69) is 22.5 Å². The molecule has 5 heteroatoms. The second-order valence-corrected chi connectivity index (χ2v) is 2.94. The zero-order chi connectivity index (χ0) is 9.26. The summed E-state index contributed by atoms with van der Waals surface area (Å²) in [5, 5.41) is 12.6. The van der Waals surface area contributed by atoms with E-state index in [9.17, 15) is 0 Å². The third-order valence-electron chi connectivity index (χ3n) is 1.61. The fourth-order valence-electron chi connectivity index (χ4n) is 1.03. The molecule has 1 aromatic carbocycles. The fraction of sp³-hybridized carbons (Fsp3) is 0. The van der Waals surface area contributed by atoms with Gasteiger partial charge in [0.15, 0.2) is 0 Å². The minimum atomic E-state index is 0.412. The van der Waals surface area contributed by atoms with Gasteiger partial charge in [-0.2, -0.15) is 5.12 Å². The van der Waals surface area contributed by atoms with Crippen LogP contribution < -0.4 is 5.12 Å². The van der Waals surface area contributed by atoms with E-state index in [4.69, 9.17) is 11.6 Å². The smallest absolute Gasteiger partial charge is 0.192 e. The standard InChI is InChI=1S/C8H7ClN4/c1-13-11-8(10-12-13)6-4-2-3-5-7(6)9/h2-5,13H,1H2. The van der Waals surface area contributed by atoms with E-state index in [1.807, 2.05) is 18.2 Å². The largest absolute Gasteiger partial charge is 0.242 e. The van der Waals surface area contributed by atoms with E-state index in [-0.39, 0.29) is 0 Å². The Hall–Kier alpha value is -1.26. The lowest BCUT2D eigenvalue weighted by Crippen LogP contribution is -2.95. The van der Waals surface area contributed by atoms with Crippen LogP contribution in [0.25, 0.3) is 0 Å². The molecule has 1 atom stereocenters. The van der Waals surface area contributed by atoms with Crippen LogP contribution in [0, 0.1) is 7.05 Å². The van der Waals surface area contributed by atoms with Crippen LogP contribution in [-0.2, 0) is 0 Å². The Morgan fingerprint density at radius 1 is 1.31 bits per heavy atom. The van der Waals surface area contributed by atoms with Crippen LogP contribution in [0.2, 0.25) is 5.02 Å². The number of rotatable bonds is 1. The number of amidine groups is 1. The van der Waals surface area contributed by atoms with E-state index < -0.39 is 0 Å². The van der Waals surface area contributed by atoms with Gasteiger partial charge in [0.2, 0.25) is 5.84 Å². The van der Waals surface area contributed by atoms with Crippen LogP contribution in [0.3, 0.4) is 0 Å². The van der Waals surface area contributed by atoms with Gasteiger partial charge in [-0.05, 0) is 12.1 Å². The lowest BCUT2D eigenvalue weighted by Gasteiger charge is -1.97. The van der Waals surface area contributed by atoms with E-state index in [0.717, 1.165) is 5.56 Å². The lowest BCUT2D eigenvalue weighted by atomic mass is 10.2. The predicted octanol–water partition coefficient (Wildman–Crippen LogP) is 1.06. The molecule has 0 aliphatic carbocycles. The van der Waals surface area contributed by atoms with Gasteiger partial charge < -0.3 is 0 Å². The first kappa shape index (κ1) is 8.34. The van der Waals surface area contributed by atoms with Gasteiger partial charge in [0.05, 0.1) is 5.02 Å². The molecule has 0 spiro atoms. The van der Waals surface area contributed by atoms with Gasteiger partial charge in [-0.1, -0.05) is 41.0 Å². The molecule has 1 aliphatic heterocycles. The number of nitrogens with zero attached hydrogens (tertiary/aromatic N) is 3. The third kappa shape index (κ3) is 1.59. The monoisotopic (exact) mass is 194 g/mol. The number of benzene rings is 1. The van der Waals surface area contributed by atoms with Crippen LogP contribution in [0.4, 0.5) is 0 Å². The van der Waals surface area contributed by atoms with Crippen molar-refractivity contribution in [3.63, 3.8) is 0 Å². The van der Waals surface area contributed by atoms with Gasteiger partial charge in [-0.15, -0.1) is 0 Å². The highest BCUT2D eigenvalue weighted by molar-refractivity contribution is 6.34. The van der Waals surface area contributed by atoms with Crippen LogP contribution in [0.15, 0.2) is 39.7 Å². The van der Waals surface area contributed by atoms with Crippen molar-refractivity contribution in [1.29, 1.82) is 0 Å². The summed E-state index contributed by atoms with van der Waals surface area (Å²) in [6.07, 6.45) is 0. The SMILES string of the molecule is [CH2-][NH+]1N=NC(c2ccccc2Cl)=N1. The third-order valence-corrected chi connectivity index (χ3v) is 1.94. The highest BCUT2D eigenvalue weighted by Crippen LogP contribution is 2.16. The highest BCUT2D eigenvalue weighted by Gasteiger charge is 2.14. The average molecular weight is 195 g/mol. The van der Waals surface area contributed by atoms with E-state index in [1.165, 1.54) is 0 Å². The van der Waals surface area contributed by atoms with Gasteiger partial charge >= 0.3 is 0 Å². The Morgan fingerprint density at radius 3 is 2.69 bits per heavy atom. The summed E-state index contributed by atoms with van der Waals surface area (Å²) in [6, 6.07) is 7.36. The average Bonchev–Trinajstić information content (AvgIpc) is 2.53. The molecule has 1 aliphatic rings. The molecule has 0 bridgehead atoms. The second kappa shape index (κ2) is 3.24. The van der Waals surface area contributed by atoms with Gasteiger partial charge in [0.25, 0.3) is 0 Å². The van der Waals surface area contributed by atoms with Crippen molar-refractivity contribution < 1.29 is 5.12 Å². The van der Waals surface area contributed by atoms with Crippen LogP contribution in [0.1, 0.15) is 5.56 Å².